The van der Waals surface area contributed by atoms with Gasteiger partial charge in [0, 0.05) is 26.1 Å². The fourth-order valence-corrected chi connectivity index (χ4v) is 4.21. The Morgan fingerprint density at radius 2 is 1.72 bits per heavy atom. The summed E-state index contributed by atoms with van der Waals surface area (Å²) < 4.78 is 26.6. The number of amides is 2. The molecule has 138 valence electrons. The highest BCUT2D eigenvalue weighted by Gasteiger charge is 2.29. The largest absolute Gasteiger partial charge is 0.354 e. The molecular formula is C17H25N3O4S. The van der Waals surface area contributed by atoms with Crippen LogP contribution in [0.25, 0.3) is 0 Å². The minimum atomic E-state index is -3.44. The second kappa shape index (κ2) is 8.96. The van der Waals surface area contributed by atoms with E-state index in [0.717, 1.165) is 0 Å². The normalized spacial score (nSPS) is 16.4. The number of carbonyl (C=O) groups excluding carboxylic acids is 2. The Bertz CT molecular complexity index is 683. The fraction of sp³-hybridized carbons (Fsp3) is 0.529. The standard InChI is InChI=1S/C17H25N3O4S/c1-2-16(21)19-13-17(22)18-12-14-8-10-20(11-9-14)25(23,24)15-6-4-3-5-7-15/h3-7,14H,2,8-13H2,1H3,(H,18,22)(H,19,21). The molecule has 2 N–H and O–H groups in total. The second-order valence-electron chi connectivity index (χ2n) is 6.09. The average molecular weight is 367 g/mol. The molecule has 1 saturated heterocycles. The van der Waals surface area contributed by atoms with Crippen LogP contribution in [0.2, 0.25) is 0 Å². The first kappa shape index (κ1) is 19.4. The topological polar surface area (TPSA) is 95.6 Å². The van der Waals surface area contributed by atoms with E-state index in [-0.39, 0.29) is 24.3 Å². The summed E-state index contributed by atoms with van der Waals surface area (Å²) in [5.41, 5.74) is 0. The van der Waals surface area contributed by atoms with Crippen molar-refractivity contribution in [3.8, 4) is 0 Å². The third kappa shape index (κ3) is 5.54. The van der Waals surface area contributed by atoms with E-state index in [9.17, 15) is 18.0 Å². The highest BCUT2D eigenvalue weighted by atomic mass is 32.2. The van der Waals surface area contributed by atoms with Crippen LogP contribution < -0.4 is 10.6 Å². The zero-order valence-electron chi connectivity index (χ0n) is 14.4. The quantitative estimate of drug-likeness (QED) is 0.743. The molecule has 1 aromatic carbocycles. The number of nitrogens with zero attached hydrogens (tertiary/aromatic N) is 1. The molecule has 0 atom stereocenters. The number of nitrogens with one attached hydrogen (secondary N) is 2. The van der Waals surface area contributed by atoms with E-state index in [1.54, 1.807) is 37.3 Å². The lowest BCUT2D eigenvalue weighted by Crippen LogP contribution is -2.43. The molecule has 1 fully saturated rings. The van der Waals surface area contributed by atoms with Crippen molar-refractivity contribution in [3.05, 3.63) is 30.3 Å². The minimum Gasteiger partial charge on any atom is -0.354 e. The van der Waals surface area contributed by atoms with Gasteiger partial charge in [0.2, 0.25) is 21.8 Å². The van der Waals surface area contributed by atoms with Crippen LogP contribution in [-0.4, -0.2) is 50.7 Å². The maximum Gasteiger partial charge on any atom is 0.243 e. The molecular weight excluding hydrogens is 342 g/mol. The number of sulfonamides is 1. The summed E-state index contributed by atoms with van der Waals surface area (Å²) in [6.07, 6.45) is 1.75. The third-order valence-corrected chi connectivity index (χ3v) is 6.22. The molecule has 0 aliphatic carbocycles. The van der Waals surface area contributed by atoms with E-state index >= 15 is 0 Å². The van der Waals surface area contributed by atoms with Gasteiger partial charge in [0.05, 0.1) is 11.4 Å². The summed E-state index contributed by atoms with van der Waals surface area (Å²) in [5, 5.41) is 5.32. The first-order valence-electron chi connectivity index (χ1n) is 8.52. The van der Waals surface area contributed by atoms with E-state index in [2.05, 4.69) is 10.6 Å². The Hall–Kier alpha value is -1.93. The smallest absolute Gasteiger partial charge is 0.243 e. The molecule has 1 aromatic rings. The van der Waals surface area contributed by atoms with Crippen molar-refractivity contribution in [2.24, 2.45) is 5.92 Å². The van der Waals surface area contributed by atoms with Crippen molar-refractivity contribution in [1.82, 2.24) is 14.9 Å². The number of hydrogen-bond acceptors (Lipinski definition) is 4. The van der Waals surface area contributed by atoms with Crippen molar-refractivity contribution in [1.29, 1.82) is 0 Å². The van der Waals surface area contributed by atoms with Crippen molar-refractivity contribution in [3.63, 3.8) is 0 Å². The summed E-state index contributed by atoms with van der Waals surface area (Å²) in [6.45, 7) is 3.10. The lowest BCUT2D eigenvalue weighted by Gasteiger charge is -2.31. The molecule has 1 aliphatic rings. The summed E-state index contributed by atoms with van der Waals surface area (Å²) in [5.74, 6) is -0.135. The van der Waals surface area contributed by atoms with Crippen molar-refractivity contribution in [2.45, 2.75) is 31.1 Å². The van der Waals surface area contributed by atoms with Gasteiger partial charge in [0.25, 0.3) is 0 Å². The van der Waals surface area contributed by atoms with E-state index in [4.69, 9.17) is 0 Å². The van der Waals surface area contributed by atoms with Crippen LogP contribution in [0.5, 0.6) is 0 Å². The lowest BCUT2D eigenvalue weighted by atomic mass is 9.98. The van der Waals surface area contributed by atoms with Gasteiger partial charge in [-0.05, 0) is 30.9 Å². The maximum absolute atomic E-state index is 12.6. The summed E-state index contributed by atoms with van der Waals surface area (Å²) in [4.78, 5) is 23.1. The second-order valence-corrected chi connectivity index (χ2v) is 8.03. The Kier molecular flexibility index (Phi) is 6.95. The van der Waals surface area contributed by atoms with Crippen molar-refractivity contribution >= 4 is 21.8 Å². The number of rotatable bonds is 7. The highest BCUT2D eigenvalue weighted by molar-refractivity contribution is 7.89. The molecule has 25 heavy (non-hydrogen) atoms. The Balaban J connectivity index is 1.76. The van der Waals surface area contributed by atoms with Crippen LogP contribution in [-0.2, 0) is 19.6 Å². The molecule has 2 rings (SSSR count). The SMILES string of the molecule is CCC(=O)NCC(=O)NCC1CCN(S(=O)(=O)c2ccccc2)CC1. The molecule has 0 aromatic heterocycles. The molecule has 1 aliphatic heterocycles. The van der Waals surface area contributed by atoms with E-state index < -0.39 is 10.0 Å². The Morgan fingerprint density at radius 3 is 2.32 bits per heavy atom. The van der Waals surface area contributed by atoms with Gasteiger partial charge in [0.15, 0.2) is 0 Å². The van der Waals surface area contributed by atoms with Gasteiger partial charge >= 0.3 is 0 Å². The van der Waals surface area contributed by atoms with Crippen molar-refractivity contribution < 1.29 is 18.0 Å². The van der Waals surface area contributed by atoms with Crippen LogP contribution in [0.1, 0.15) is 26.2 Å². The summed E-state index contributed by atoms with van der Waals surface area (Å²) in [6, 6.07) is 8.42. The molecule has 8 heteroatoms. The van der Waals surface area contributed by atoms with E-state index in [0.29, 0.717) is 43.8 Å². The first-order chi connectivity index (χ1) is 11.9. The number of hydrogen-bond donors (Lipinski definition) is 2. The maximum atomic E-state index is 12.6. The predicted molar refractivity (Wildman–Crippen MR) is 94.2 cm³/mol. The number of piperidine rings is 1. The van der Waals surface area contributed by atoms with Crippen LogP contribution in [0.4, 0.5) is 0 Å². The van der Waals surface area contributed by atoms with Gasteiger partial charge in [-0.1, -0.05) is 25.1 Å². The zero-order chi connectivity index (χ0) is 18.3. The third-order valence-electron chi connectivity index (χ3n) is 4.31. The van der Waals surface area contributed by atoms with Crippen LogP contribution >= 0.6 is 0 Å². The zero-order valence-corrected chi connectivity index (χ0v) is 15.2. The molecule has 0 saturated carbocycles. The summed E-state index contributed by atoms with van der Waals surface area (Å²) >= 11 is 0. The average Bonchev–Trinajstić information content (AvgIpc) is 2.65. The van der Waals surface area contributed by atoms with Gasteiger partial charge in [-0.3, -0.25) is 9.59 Å². The minimum absolute atomic E-state index is 0.0199. The Labute approximate surface area is 148 Å². The monoisotopic (exact) mass is 367 g/mol. The van der Waals surface area contributed by atoms with E-state index in [1.807, 2.05) is 0 Å². The van der Waals surface area contributed by atoms with E-state index in [1.165, 1.54) is 4.31 Å². The molecule has 0 bridgehead atoms. The summed E-state index contributed by atoms with van der Waals surface area (Å²) in [7, 11) is -3.44. The molecule has 7 nitrogen and oxygen atoms in total. The number of benzene rings is 1. The van der Waals surface area contributed by atoms with Crippen LogP contribution in [0.3, 0.4) is 0 Å². The van der Waals surface area contributed by atoms with Crippen LogP contribution in [0.15, 0.2) is 35.2 Å². The molecule has 2 amide bonds. The van der Waals surface area contributed by atoms with Crippen molar-refractivity contribution in [2.75, 3.05) is 26.2 Å². The van der Waals surface area contributed by atoms with Gasteiger partial charge in [-0.2, -0.15) is 4.31 Å². The van der Waals surface area contributed by atoms with Gasteiger partial charge in [-0.25, -0.2) is 8.42 Å². The highest BCUT2D eigenvalue weighted by Crippen LogP contribution is 2.23. The Morgan fingerprint density at radius 1 is 1.08 bits per heavy atom. The first-order valence-corrected chi connectivity index (χ1v) is 9.96. The fourth-order valence-electron chi connectivity index (χ4n) is 2.72. The lowest BCUT2D eigenvalue weighted by molar-refractivity contribution is -0.126. The predicted octanol–water partition coefficient (Wildman–Crippen LogP) is 0.730. The molecule has 1 heterocycles. The van der Waals surface area contributed by atoms with Gasteiger partial charge in [-0.15, -0.1) is 0 Å². The van der Waals surface area contributed by atoms with Crippen LogP contribution in [0, 0.1) is 5.92 Å². The van der Waals surface area contributed by atoms with Gasteiger partial charge in [0.1, 0.15) is 0 Å². The number of carbonyl (C=O) groups is 2. The molecule has 0 unspecified atom stereocenters. The molecule has 0 radical (unpaired) electrons. The molecule has 0 spiro atoms. The van der Waals surface area contributed by atoms with Gasteiger partial charge < -0.3 is 10.6 Å².